The lowest BCUT2D eigenvalue weighted by Gasteiger charge is -1.99. The Labute approximate surface area is 79.8 Å². The Balaban J connectivity index is 2.58. The molecule has 0 saturated heterocycles. The van der Waals surface area contributed by atoms with Crippen LogP contribution in [0, 0.1) is 0 Å². The Morgan fingerprint density at radius 1 is 1.75 bits per heavy atom. The number of rotatable bonds is 3. The van der Waals surface area contributed by atoms with Gasteiger partial charge in [0.05, 0.1) is 4.34 Å². The largest absolute Gasteiger partial charge is 0.386 e. The lowest BCUT2D eigenvalue weighted by Crippen LogP contribution is -2.17. The standard InChI is InChI=1S/C8H9ClO2S/c1-5(10)7(11)4-6-2-3-8(9)12-6/h2-3,5,10H,4H2,1H3. The summed E-state index contributed by atoms with van der Waals surface area (Å²) in [5.74, 6) is -0.173. The van der Waals surface area contributed by atoms with Crippen molar-refractivity contribution in [3.05, 3.63) is 21.3 Å². The van der Waals surface area contributed by atoms with E-state index in [1.54, 1.807) is 12.1 Å². The first-order chi connectivity index (χ1) is 5.59. The third-order valence-electron chi connectivity index (χ3n) is 1.44. The average Bonchev–Trinajstić information content (AvgIpc) is 2.35. The fraction of sp³-hybridized carbons (Fsp3) is 0.375. The third kappa shape index (κ3) is 2.59. The molecule has 12 heavy (non-hydrogen) atoms. The van der Waals surface area contributed by atoms with Crippen molar-refractivity contribution in [2.24, 2.45) is 0 Å². The maximum absolute atomic E-state index is 11.0. The molecule has 1 unspecified atom stereocenters. The van der Waals surface area contributed by atoms with Gasteiger partial charge in [-0.15, -0.1) is 11.3 Å². The van der Waals surface area contributed by atoms with Crippen molar-refractivity contribution in [3.63, 3.8) is 0 Å². The van der Waals surface area contributed by atoms with Gasteiger partial charge in [-0.25, -0.2) is 0 Å². The zero-order chi connectivity index (χ0) is 9.14. The van der Waals surface area contributed by atoms with Gasteiger partial charge in [-0.1, -0.05) is 11.6 Å². The molecule has 1 aromatic rings. The Hall–Kier alpha value is -0.380. The van der Waals surface area contributed by atoms with Gasteiger partial charge in [-0.2, -0.15) is 0 Å². The molecule has 66 valence electrons. The predicted octanol–water partition coefficient (Wildman–Crippen LogP) is 1.89. The minimum Gasteiger partial charge on any atom is -0.386 e. The molecule has 0 amide bonds. The third-order valence-corrected chi connectivity index (χ3v) is 2.67. The zero-order valence-corrected chi connectivity index (χ0v) is 8.15. The van der Waals surface area contributed by atoms with Crippen molar-refractivity contribution in [1.82, 2.24) is 0 Å². The minimum absolute atomic E-state index is 0.173. The van der Waals surface area contributed by atoms with Crippen molar-refractivity contribution >= 4 is 28.7 Å². The maximum Gasteiger partial charge on any atom is 0.166 e. The van der Waals surface area contributed by atoms with Crippen LogP contribution >= 0.6 is 22.9 Å². The summed E-state index contributed by atoms with van der Waals surface area (Å²) in [5, 5.41) is 8.91. The van der Waals surface area contributed by atoms with E-state index in [4.69, 9.17) is 16.7 Å². The first-order valence-electron chi connectivity index (χ1n) is 3.54. The second-order valence-electron chi connectivity index (χ2n) is 2.52. The van der Waals surface area contributed by atoms with E-state index in [0.717, 1.165) is 4.88 Å². The molecule has 0 spiro atoms. The molecule has 0 bridgehead atoms. The molecule has 0 aliphatic rings. The lowest BCUT2D eigenvalue weighted by atomic mass is 10.2. The van der Waals surface area contributed by atoms with Crippen molar-refractivity contribution in [1.29, 1.82) is 0 Å². The summed E-state index contributed by atoms with van der Waals surface area (Å²) in [6.07, 6.45) is -0.611. The van der Waals surface area contributed by atoms with Crippen molar-refractivity contribution in [3.8, 4) is 0 Å². The zero-order valence-electron chi connectivity index (χ0n) is 6.58. The van der Waals surface area contributed by atoms with Gasteiger partial charge in [0.15, 0.2) is 5.78 Å². The molecule has 0 saturated carbocycles. The van der Waals surface area contributed by atoms with Gasteiger partial charge < -0.3 is 5.11 Å². The SMILES string of the molecule is CC(O)C(=O)Cc1ccc(Cl)s1. The van der Waals surface area contributed by atoms with E-state index >= 15 is 0 Å². The second kappa shape index (κ2) is 4.03. The smallest absolute Gasteiger partial charge is 0.166 e. The number of carbonyl (C=O) groups is 1. The number of aliphatic hydroxyl groups is 1. The number of hydrogen-bond donors (Lipinski definition) is 1. The number of carbonyl (C=O) groups excluding carboxylic acids is 1. The molecular weight excluding hydrogens is 196 g/mol. The molecule has 1 N–H and O–H groups in total. The first kappa shape index (κ1) is 9.71. The van der Waals surface area contributed by atoms with Crippen LogP contribution in [0.5, 0.6) is 0 Å². The summed E-state index contributed by atoms with van der Waals surface area (Å²) in [5.41, 5.74) is 0. The maximum atomic E-state index is 11.0. The predicted molar refractivity (Wildman–Crippen MR) is 49.7 cm³/mol. The molecule has 1 heterocycles. The minimum atomic E-state index is -0.883. The highest BCUT2D eigenvalue weighted by Crippen LogP contribution is 2.21. The monoisotopic (exact) mass is 204 g/mol. The Bertz CT molecular complexity index is 280. The lowest BCUT2D eigenvalue weighted by molar-refractivity contribution is -0.125. The molecule has 0 fully saturated rings. The van der Waals surface area contributed by atoms with Gasteiger partial charge in [-0.3, -0.25) is 4.79 Å². The Morgan fingerprint density at radius 2 is 2.42 bits per heavy atom. The quantitative estimate of drug-likeness (QED) is 0.817. The van der Waals surface area contributed by atoms with Gasteiger partial charge in [0.2, 0.25) is 0 Å². The molecule has 2 nitrogen and oxygen atoms in total. The highest BCUT2D eigenvalue weighted by Gasteiger charge is 2.10. The highest BCUT2D eigenvalue weighted by atomic mass is 35.5. The number of thiophene rings is 1. The van der Waals surface area contributed by atoms with Crippen LogP contribution in [0.2, 0.25) is 4.34 Å². The molecule has 1 aromatic heterocycles. The van der Waals surface area contributed by atoms with E-state index in [1.807, 2.05) is 0 Å². The van der Waals surface area contributed by atoms with E-state index < -0.39 is 6.10 Å². The fourth-order valence-electron chi connectivity index (χ4n) is 0.766. The molecular formula is C8H9ClO2S. The topological polar surface area (TPSA) is 37.3 Å². The molecule has 1 rings (SSSR count). The summed E-state index contributed by atoms with van der Waals surface area (Å²) in [6, 6.07) is 3.55. The number of Topliss-reactive ketones (excluding diaryl/α,β-unsaturated/α-hetero) is 1. The molecule has 4 heteroatoms. The molecule has 1 atom stereocenters. The van der Waals surface area contributed by atoms with E-state index in [2.05, 4.69) is 0 Å². The summed E-state index contributed by atoms with van der Waals surface area (Å²) in [4.78, 5) is 11.9. The van der Waals surface area contributed by atoms with Gasteiger partial charge in [0, 0.05) is 11.3 Å². The van der Waals surface area contributed by atoms with E-state index in [1.165, 1.54) is 18.3 Å². The number of ketones is 1. The molecule has 0 aliphatic carbocycles. The Morgan fingerprint density at radius 3 is 2.83 bits per heavy atom. The molecule has 0 aliphatic heterocycles. The van der Waals surface area contributed by atoms with Crippen LogP contribution in [0.3, 0.4) is 0 Å². The van der Waals surface area contributed by atoms with Gasteiger partial charge in [0.1, 0.15) is 6.10 Å². The fourth-order valence-corrected chi connectivity index (χ4v) is 1.86. The number of aliphatic hydroxyl groups excluding tert-OH is 1. The van der Waals surface area contributed by atoms with Crippen LogP contribution in [-0.4, -0.2) is 17.0 Å². The van der Waals surface area contributed by atoms with Gasteiger partial charge in [-0.05, 0) is 19.1 Å². The van der Waals surface area contributed by atoms with Crippen LogP contribution in [0.15, 0.2) is 12.1 Å². The first-order valence-corrected chi connectivity index (χ1v) is 4.74. The van der Waals surface area contributed by atoms with Gasteiger partial charge in [0.25, 0.3) is 0 Å². The van der Waals surface area contributed by atoms with E-state index in [0.29, 0.717) is 4.34 Å². The summed E-state index contributed by atoms with van der Waals surface area (Å²) < 4.78 is 0.670. The highest BCUT2D eigenvalue weighted by molar-refractivity contribution is 7.16. The second-order valence-corrected chi connectivity index (χ2v) is 4.32. The van der Waals surface area contributed by atoms with Crippen LogP contribution in [0.25, 0.3) is 0 Å². The average molecular weight is 205 g/mol. The summed E-state index contributed by atoms with van der Waals surface area (Å²) in [7, 11) is 0. The number of hydrogen-bond acceptors (Lipinski definition) is 3. The summed E-state index contributed by atoms with van der Waals surface area (Å²) in [6.45, 7) is 1.47. The normalized spacial score (nSPS) is 12.9. The van der Waals surface area contributed by atoms with Crippen molar-refractivity contribution in [2.45, 2.75) is 19.4 Å². The van der Waals surface area contributed by atoms with Gasteiger partial charge >= 0.3 is 0 Å². The van der Waals surface area contributed by atoms with Crippen LogP contribution in [0.4, 0.5) is 0 Å². The molecule has 0 aromatic carbocycles. The van der Waals surface area contributed by atoms with Crippen LogP contribution in [-0.2, 0) is 11.2 Å². The van der Waals surface area contributed by atoms with Crippen LogP contribution < -0.4 is 0 Å². The van der Waals surface area contributed by atoms with E-state index in [9.17, 15) is 4.79 Å². The van der Waals surface area contributed by atoms with E-state index in [-0.39, 0.29) is 12.2 Å². The Kier molecular flexibility index (Phi) is 3.26. The van der Waals surface area contributed by atoms with Crippen molar-refractivity contribution in [2.75, 3.05) is 0 Å². The number of halogens is 1. The van der Waals surface area contributed by atoms with Crippen molar-refractivity contribution < 1.29 is 9.90 Å². The van der Waals surface area contributed by atoms with Crippen LogP contribution in [0.1, 0.15) is 11.8 Å². The summed E-state index contributed by atoms with van der Waals surface area (Å²) >= 11 is 7.04. The molecule has 0 radical (unpaired) electrons.